The van der Waals surface area contributed by atoms with E-state index in [4.69, 9.17) is 0 Å². The summed E-state index contributed by atoms with van der Waals surface area (Å²) in [5, 5.41) is 2.81. The molecule has 1 aliphatic rings. The van der Waals surface area contributed by atoms with Crippen LogP contribution in [-0.2, 0) is 11.3 Å². The minimum atomic E-state index is -0.180. The highest BCUT2D eigenvalue weighted by Crippen LogP contribution is 2.07. The molecule has 21 heavy (non-hydrogen) atoms. The van der Waals surface area contributed by atoms with Crippen molar-refractivity contribution in [2.24, 2.45) is 0 Å². The molecule has 0 atom stereocenters. The van der Waals surface area contributed by atoms with Crippen LogP contribution in [0.5, 0.6) is 0 Å². The number of carbonyl (C=O) groups is 1. The number of hydrogen-bond acceptors (Lipinski definition) is 3. The first-order valence-corrected chi connectivity index (χ1v) is 7.47. The Labute approximate surface area is 127 Å². The number of hydrogen-bond donors (Lipinski definition) is 1. The molecule has 2 rings (SSSR count). The van der Waals surface area contributed by atoms with Crippen molar-refractivity contribution in [2.45, 2.75) is 13.5 Å². The summed E-state index contributed by atoms with van der Waals surface area (Å²) in [4.78, 5) is 16.1. The molecule has 0 bridgehead atoms. The lowest BCUT2D eigenvalue weighted by Crippen LogP contribution is -2.47. The number of benzene rings is 1. The average molecular weight is 285 g/mol. The van der Waals surface area contributed by atoms with Crippen molar-refractivity contribution in [3.63, 3.8) is 0 Å². The third-order valence-corrected chi connectivity index (χ3v) is 3.67. The lowest BCUT2D eigenvalue weighted by atomic mass is 10.2. The first-order valence-electron chi connectivity index (χ1n) is 7.47. The second-order valence-corrected chi connectivity index (χ2v) is 5.23. The molecule has 112 valence electrons. The number of nitrogens with zero attached hydrogens (tertiary/aromatic N) is 2. The van der Waals surface area contributed by atoms with Crippen LogP contribution in [0.2, 0.25) is 0 Å². The molecule has 0 radical (unpaired) electrons. The molecular formula is C17H23N3O. The van der Waals surface area contributed by atoms with Crippen LogP contribution in [0, 0.1) is 11.8 Å². The van der Waals surface area contributed by atoms with Gasteiger partial charge in [-0.2, -0.15) is 0 Å². The number of amides is 1. The quantitative estimate of drug-likeness (QED) is 0.818. The van der Waals surface area contributed by atoms with Crippen molar-refractivity contribution in [1.82, 2.24) is 15.1 Å². The normalized spacial score (nSPS) is 16.0. The van der Waals surface area contributed by atoms with Crippen molar-refractivity contribution in [3.8, 4) is 11.8 Å². The largest absolute Gasteiger partial charge is 0.344 e. The Hall–Kier alpha value is -1.83. The van der Waals surface area contributed by atoms with E-state index in [2.05, 4.69) is 57.3 Å². The summed E-state index contributed by atoms with van der Waals surface area (Å²) < 4.78 is 0. The van der Waals surface area contributed by atoms with E-state index in [1.165, 1.54) is 5.56 Å². The molecule has 1 N–H and O–H groups in total. The summed E-state index contributed by atoms with van der Waals surface area (Å²) in [5.74, 6) is 4.91. The van der Waals surface area contributed by atoms with E-state index in [9.17, 15) is 4.79 Å². The first-order chi connectivity index (χ1) is 10.3. The number of piperazine rings is 1. The molecule has 1 aromatic rings. The van der Waals surface area contributed by atoms with Crippen LogP contribution in [-0.4, -0.2) is 55.0 Å². The maximum Gasteiger partial charge on any atom is 0.295 e. The van der Waals surface area contributed by atoms with Crippen molar-refractivity contribution < 1.29 is 4.79 Å². The molecule has 4 heteroatoms. The lowest BCUT2D eigenvalue weighted by Gasteiger charge is -2.34. The smallest absolute Gasteiger partial charge is 0.295 e. The predicted octanol–water partition coefficient (Wildman–Crippen LogP) is 0.944. The van der Waals surface area contributed by atoms with Gasteiger partial charge in [-0.15, -0.1) is 0 Å². The Morgan fingerprint density at radius 3 is 2.48 bits per heavy atom. The van der Waals surface area contributed by atoms with E-state index in [1.807, 2.05) is 0 Å². The van der Waals surface area contributed by atoms with Crippen LogP contribution >= 0.6 is 0 Å². The summed E-state index contributed by atoms with van der Waals surface area (Å²) in [5.41, 5.74) is 1.37. The highest BCUT2D eigenvalue weighted by atomic mass is 16.1. The van der Waals surface area contributed by atoms with Gasteiger partial charge in [0.05, 0.1) is 0 Å². The average Bonchev–Trinajstić information content (AvgIpc) is 2.50. The Bertz CT molecular complexity index is 496. The molecule has 4 nitrogen and oxygen atoms in total. The fourth-order valence-electron chi connectivity index (χ4n) is 2.50. The molecule has 1 saturated heterocycles. The maximum absolute atomic E-state index is 11.2. The maximum atomic E-state index is 11.2. The third kappa shape index (κ3) is 5.58. The summed E-state index contributed by atoms with van der Waals surface area (Å²) >= 11 is 0. The number of carbonyl (C=O) groups excluding carboxylic acids is 1. The van der Waals surface area contributed by atoms with Crippen LogP contribution < -0.4 is 5.32 Å². The summed E-state index contributed by atoms with van der Waals surface area (Å²) in [6.07, 6.45) is 0. The van der Waals surface area contributed by atoms with E-state index >= 15 is 0 Å². The second-order valence-electron chi connectivity index (χ2n) is 5.23. The topological polar surface area (TPSA) is 35.6 Å². The van der Waals surface area contributed by atoms with E-state index in [0.29, 0.717) is 6.54 Å². The minimum absolute atomic E-state index is 0.180. The first kappa shape index (κ1) is 15.6. The molecule has 1 amide bonds. The van der Waals surface area contributed by atoms with E-state index in [0.717, 1.165) is 39.3 Å². The van der Waals surface area contributed by atoms with E-state index in [1.54, 1.807) is 6.92 Å². The van der Waals surface area contributed by atoms with Gasteiger partial charge in [0.15, 0.2) is 0 Å². The summed E-state index contributed by atoms with van der Waals surface area (Å²) in [6.45, 7) is 8.55. The van der Waals surface area contributed by atoms with Crippen LogP contribution in [0.4, 0.5) is 0 Å². The van der Waals surface area contributed by atoms with Crippen LogP contribution in [0.15, 0.2) is 30.3 Å². The van der Waals surface area contributed by atoms with Gasteiger partial charge in [0.2, 0.25) is 0 Å². The van der Waals surface area contributed by atoms with E-state index in [-0.39, 0.29) is 5.91 Å². The second kappa shape index (κ2) is 8.46. The zero-order valence-electron chi connectivity index (χ0n) is 12.6. The fourth-order valence-corrected chi connectivity index (χ4v) is 2.50. The zero-order chi connectivity index (χ0) is 14.9. The van der Waals surface area contributed by atoms with Crippen LogP contribution in [0.3, 0.4) is 0 Å². The highest BCUT2D eigenvalue weighted by molar-refractivity contribution is 5.93. The zero-order valence-corrected chi connectivity index (χ0v) is 12.6. The van der Waals surface area contributed by atoms with Crippen molar-refractivity contribution in [3.05, 3.63) is 35.9 Å². The van der Waals surface area contributed by atoms with Crippen LogP contribution in [0.1, 0.15) is 12.5 Å². The molecular weight excluding hydrogens is 262 g/mol. The summed E-state index contributed by atoms with van der Waals surface area (Å²) in [7, 11) is 0. The highest BCUT2D eigenvalue weighted by Gasteiger charge is 2.16. The molecule has 0 aromatic heterocycles. The monoisotopic (exact) mass is 285 g/mol. The van der Waals surface area contributed by atoms with Gasteiger partial charge in [0, 0.05) is 45.8 Å². The summed E-state index contributed by atoms with van der Waals surface area (Å²) in [6, 6.07) is 10.6. The van der Waals surface area contributed by atoms with Crippen LogP contribution in [0.25, 0.3) is 0 Å². The number of rotatable bonds is 5. The molecule has 1 aliphatic heterocycles. The molecule has 1 fully saturated rings. The molecule has 0 aliphatic carbocycles. The van der Waals surface area contributed by atoms with Gasteiger partial charge in [-0.05, 0) is 18.4 Å². The molecule has 1 aromatic carbocycles. The van der Waals surface area contributed by atoms with Crippen molar-refractivity contribution in [1.29, 1.82) is 0 Å². The van der Waals surface area contributed by atoms with Gasteiger partial charge in [-0.1, -0.05) is 36.3 Å². The molecule has 0 spiro atoms. The van der Waals surface area contributed by atoms with E-state index < -0.39 is 0 Å². The third-order valence-electron chi connectivity index (χ3n) is 3.67. The van der Waals surface area contributed by atoms with Gasteiger partial charge in [-0.25, -0.2) is 0 Å². The Balaban J connectivity index is 1.64. The van der Waals surface area contributed by atoms with Crippen molar-refractivity contribution >= 4 is 5.91 Å². The fraction of sp³-hybridized carbons (Fsp3) is 0.471. The van der Waals surface area contributed by atoms with Gasteiger partial charge in [0.1, 0.15) is 0 Å². The van der Waals surface area contributed by atoms with Gasteiger partial charge in [-0.3, -0.25) is 14.6 Å². The Morgan fingerprint density at radius 2 is 1.81 bits per heavy atom. The Kier molecular flexibility index (Phi) is 6.26. The standard InChI is InChI=1S/C17H23N3O/c1-2-6-17(21)18-9-10-19-11-13-20(14-12-19)15-16-7-4-3-5-8-16/h3-5,7-8H,9-15H2,1H3,(H,18,21). The van der Waals surface area contributed by atoms with Gasteiger partial charge >= 0.3 is 0 Å². The van der Waals surface area contributed by atoms with Gasteiger partial charge < -0.3 is 5.32 Å². The van der Waals surface area contributed by atoms with Crippen molar-refractivity contribution in [2.75, 3.05) is 39.3 Å². The minimum Gasteiger partial charge on any atom is -0.344 e. The Morgan fingerprint density at radius 1 is 1.14 bits per heavy atom. The predicted molar refractivity (Wildman–Crippen MR) is 84.6 cm³/mol. The molecule has 0 unspecified atom stereocenters. The lowest BCUT2D eigenvalue weighted by molar-refractivity contribution is -0.115. The SMILES string of the molecule is CC#CC(=O)NCCN1CCN(Cc2ccccc2)CC1. The van der Waals surface area contributed by atoms with Gasteiger partial charge in [0.25, 0.3) is 5.91 Å². The number of nitrogens with one attached hydrogen (secondary N) is 1. The molecule has 1 heterocycles. The molecule has 0 saturated carbocycles.